The van der Waals surface area contributed by atoms with Crippen LogP contribution in [0.1, 0.15) is 47.5 Å². The van der Waals surface area contributed by atoms with Gasteiger partial charge < -0.3 is 9.64 Å². The van der Waals surface area contributed by atoms with Gasteiger partial charge in [0.15, 0.2) is 0 Å². The predicted octanol–water partition coefficient (Wildman–Crippen LogP) is 3.17. The molecule has 0 saturated carbocycles. The molecular formula is C13H29NO. The van der Waals surface area contributed by atoms with E-state index in [0.29, 0.717) is 5.41 Å². The Morgan fingerprint density at radius 3 is 1.93 bits per heavy atom. The Balaban J connectivity index is 3.92. The normalized spacial score (nSPS) is 13.6. The van der Waals surface area contributed by atoms with Crippen LogP contribution < -0.4 is 0 Å². The first-order valence-corrected chi connectivity index (χ1v) is 5.89. The maximum atomic E-state index is 5.14. The summed E-state index contributed by atoms with van der Waals surface area (Å²) in [6.07, 6.45) is 2.37. The second-order valence-electron chi connectivity index (χ2n) is 6.25. The molecule has 0 aromatic carbocycles. The molecule has 0 bridgehead atoms. The van der Waals surface area contributed by atoms with Crippen LogP contribution in [0, 0.1) is 5.41 Å². The monoisotopic (exact) mass is 215 g/mol. The lowest BCUT2D eigenvalue weighted by Crippen LogP contribution is -2.40. The third-order valence-electron chi connectivity index (χ3n) is 3.25. The van der Waals surface area contributed by atoms with Gasteiger partial charge in [0.05, 0.1) is 0 Å². The van der Waals surface area contributed by atoms with Crippen molar-refractivity contribution >= 4 is 0 Å². The van der Waals surface area contributed by atoms with Gasteiger partial charge in [-0.05, 0) is 52.6 Å². The van der Waals surface area contributed by atoms with E-state index in [0.717, 1.165) is 19.6 Å². The Bertz CT molecular complexity index is 170. The summed E-state index contributed by atoms with van der Waals surface area (Å²) in [6.45, 7) is 13.4. The van der Waals surface area contributed by atoms with Crippen LogP contribution in [0.2, 0.25) is 0 Å². The van der Waals surface area contributed by atoms with E-state index in [-0.39, 0.29) is 5.54 Å². The molecule has 0 aromatic rings. The van der Waals surface area contributed by atoms with E-state index in [1.54, 1.807) is 7.11 Å². The van der Waals surface area contributed by atoms with E-state index >= 15 is 0 Å². The lowest BCUT2D eigenvalue weighted by molar-refractivity contribution is 0.117. The van der Waals surface area contributed by atoms with Gasteiger partial charge in [-0.25, -0.2) is 0 Å². The largest absolute Gasteiger partial charge is 0.385 e. The van der Waals surface area contributed by atoms with E-state index in [2.05, 4.69) is 46.6 Å². The van der Waals surface area contributed by atoms with Gasteiger partial charge >= 0.3 is 0 Å². The van der Waals surface area contributed by atoms with Crippen molar-refractivity contribution in [1.82, 2.24) is 4.90 Å². The molecule has 0 saturated heterocycles. The maximum Gasteiger partial charge on any atom is 0.0467 e. The minimum atomic E-state index is 0.275. The zero-order valence-electron chi connectivity index (χ0n) is 11.7. The van der Waals surface area contributed by atoms with E-state index in [4.69, 9.17) is 4.74 Å². The van der Waals surface area contributed by atoms with E-state index < -0.39 is 0 Å². The summed E-state index contributed by atoms with van der Waals surface area (Å²) < 4.78 is 5.14. The molecule has 15 heavy (non-hydrogen) atoms. The Morgan fingerprint density at radius 1 is 1.00 bits per heavy atom. The number of methoxy groups -OCH3 is 1. The first kappa shape index (κ1) is 14.9. The topological polar surface area (TPSA) is 12.5 Å². The standard InChI is InChI=1S/C13H29NO/c1-12(2,3)14(6)10-8-13(4,5)9-11-15-7/h8-11H2,1-7H3. The minimum absolute atomic E-state index is 0.275. The summed E-state index contributed by atoms with van der Waals surface area (Å²) in [6, 6.07) is 0. The fourth-order valence-electron chi connectivity index (χ4n) is 1.31. The summed E-state index contributed by atoms with van der Waals surface area (Å²) >= 11 is 0. The molecule has 0 unspecified atom stereocenters. The number of hydrogen-bond acceptors (Lipinski definition) is 2. The highest BCUT2D eigenvalue weighted by atomic mass is 16.5. The average Bonchev–Trinajstić information content (AvgIpc) is 2.09. The van der Waals surface area contributed by atoms with Crippen molar-refractivity contribution in [2.45, 2.75) is 53.0 Å². The second-order valence-corrected chi connectivity index (χ2v) is 6.25. The molecule has 2 nitrogen and oxygen atoms in total. The Hall–Kier alpha value is -0.0800. The summed E-state index contributed by atoms with van der Waals surface area (Å²) in [4.78, 5) is 2.42. The van der Waals surface area contributed by atoms with Gasteiger partial charge in [0.25, 0.3) is 0 Å². The summed E-state index contributed by atoms with van der Waals surface area (Å²) in [5, 5.41) is 0. The molecule has 0 amide bonds. The van der Waals surface area contributed by atoms with Gasteiger partial charge in [0.1, 0.15) is 0 Å². The molecule has 0 aliphatic heterocycles. The van der Waals surface area contributed by atoms with Crippen LogP contribution in [-0.4, -0.2) is 37.7 Å². The molecule has 0 fully saturated rings. The average molecular weight is 215 g/mol. The Kier molecular flexibility index (Phi) is 5.82. The van der Waals surface area contributed by atoms with Crippen molar-refractivity contribution in [3.63, 3.8) is 0 Å². The molecular weight excluding hydrogens is 186 g/mol. The van der Waals surface area contributed by atoms with Crippen molar-refractivity contribution in [3.8, 4) is 0 Å². The van der Waals surface area contributed by atoms with Crippen molar-refractivity contribution in [1.29, 1.82) is 0 Å². The van der Waals surface area contributed by atoms with Gasteiger partial charge in [-0.1, -0.05) is 13.8 Å². The SMILES string of the molecule is COCCC(C)(C)CCN(C)C(C)(C)C. The van der Waals surface area contributed by atoms with Crippen LogP contribution in [0.15, 0.2) is 0 Å². The fourth-order valence-corrected chi connectivity index (χ4v) is 1.31. The van der Waals surface area contributed by atoms with Gasteiger partial charge in [-0.2, -0.15) is 0 Å². The molecule has 92 valence electrons. The highest BCUT2D eigenvalue weighted by Gasteiger charge is 2.22. The third-order valence-corrected chi connectivity index (χ3v) is 3.25. The number of nitrogens with zero attached hydrogens (tertiary/aromatic N) is 1. The molecule has 0 spiro atoms. The van der Waals surface area contributed by atoms with Gasteiger partial charge in [-0.3, -0.25) is 0 Å². The van der Waals surface area contributed by atoms with Crippen LogP contribution in [-0.2, 0) is 4.74 Å². The van der Waals surface area contributed by atoms with Crippen molar-refractivity contribution in [3.05, 3.63) is 0 Å². The highest BCUT2D eigenvalue weighted by molar-refractivity contribution is 4.76. The molecule has 0 aliphatic carbocycles. The molecule has 0 N–H and O–H groups in total. The molecule has 0 radical (unpaired) electrons. The van der Waals surface area contributed by atoms with Crippen molar-refractivity contribution < 1.29 is 4.74 Å². The second kappa shape index (κ2) is 5.86. The van der Waals surface area contributed by atoms with Crippen LogP contribution in [0.4, 0.5) is 0 Å². The lowest BCUT2D eigenvalue weighted by atomic mass is 9.85. The van der Waals surface area contributed by atoms with Crippen molar-refractivity contribution in [2.75, 3.05) is 27.3 Å². The first-order chi connectivity index (χ1) is 6.69. The zero-order valence-corrected chi connectivity index (χ0v) is 11.7. The van der Waals surface area contributed by atoms with Crippen LogP contribution in [0.25, 0.3) is 0 Å². The molecule has 0 atom stereocenters. The number of hydrogen-bond donors (Lipinski definition) is 0. The van der Waals surface area contributed by atoms with E-state index in [9.17, 15) is 0 Å². The Morgan fingerprint density at radius 2 is 1.53 bits per heavy atom. The minimum Gasteiger partial charge on any atom is -0.385 e. The summed E-state index contributed by atoms with van der Waals surface area (Å²) in [7, 11) is 3.98. The van der Waals surface area contributed by atoms with Gasteiger partial charge in [-0.15, -0.1) is 0 Å². The predicted molar refractivity (Wildman–Crippen MR) is 67.3 cm³/mol. The molecule has 2 heteroatoms. The number of ether oxygens (including phenoxy) is 1. The lowest BCUT2D eigenvalue weighted by Gasteiger charge is -2.35. The summed E-state index contributed by atoms with van der Waals surface area (Å²) in [5.41, 5.74) is 0.660. The fraction of sp³-hybridized carbons (Fsp3) is 1.00. The molecule has 0 aromatic heterocycles. The third kappa shape index (κ3) is 6.91. The highest BCUT2D eigenvalue weighted by Crippen LogP contribution is 2.26. The summed E-state index contributed by atoms with van der Waals surface area (Å²) in [5.74, 6) is 0. The maximum absolute atomic E-state index is 5.14. The van der Waals surface area contributed by atoms with Crippen LogP contribution in [0.5, 0.6) is 0 Å². The quantitative estimate of drug-likeness (QED) is 0.675. The first-order valence-electron chi connectivity index (χ1n) is 5.89. The molecule has 0 aliphatic rings. The molecule has 0 rings (SSSR count). The van der Waals surface area contributed by atoms with Gasteiger partial charge in [0, 0.05) is 19.3 Å². The van der Waals surface area contributed by atoms with E-state index in [1.165, 1.54) is 6.42 Å². The van der Waals surface area contributed by atoms with Crippen molar-refractivity contribution in [2.24, 2.45) is 5.41 Å². The number of rotatable bonds is 6. The Labute approximate surface area is 96.0 Å². The van der Waals surface area contributed by atoms with Gasteiger partial charge in [0.2, 0.25) is 0 Å². The zero-order chi connectivity index (χ0) is 12.1. The van der Waals surface area contributed by atoms with E-state index in [1.807, 2.05) is 0 Å². The smallest absolute Gasteiger partial charge is 0.0467 e. The molecule has 0 heterocycles. The van der Waals surface area contributed by atoms with Crippen LogP contribution >= 0.6 is 0 Å². The van der Waals surface area contributed by atoms with Crippen LogP contribution in [0.3, 0.4) is 0 Å².